The number of nitrogens with one attached hydrogen (secondary N) is 1. The molecule has 0 amide bonds. The second-order valence-corrected chi connectivity index (χ2v) is 5.15. The van der Waals surface area contributed by atoms with Gasteiger partial charge in [0, 0.05) is 0 Å². The molecule has 1 aliphatic heterocycles. The lowest BCUT2D eigenvalue weighted by atomic mass is 10.0. The van der Waals surface area contributed by atoms with Crippen LogP contribution in [0.5, 0.6) is 5.75 Å². The van der Waals surface area contributed by atoms with Crippen molar-refractivity contribution in [2.45, 2.75) is 6.04 Å². The van der Waals surface area contributed by atoms with Crippen molar-refractivity contribution in [3.63, 3.8) is 0 Å². The van der Waals surface area contributed by atoms with Gasteiger partial charge in [0.2, 0.25) is 5.95 Å². The molecule has 2 N–H and O–H groups in total. The highest BCUT2D eigenvalue weighted by Gasteiger charge is 2.26. The van der Waals surface area contributed by atoms with Gasteiger partial charge in [0.15, 0.2) is 0 Å². The summed E-state index contributed by atoms with van der Waals surface area (Å²) < 4.78 is 7.46. The van der Waals surface area contributed by atoms with Gasteiger partial charge in [-0.25, -0.2) is 4.79 Å². The molecule has 0 radical (unpaired) electrons. The van der Waals surface area contributed by atoms with Crippen LogP contribution in [0.1, 0.15) is 11.6 Å². The maximum atomic E-state index is 11.2. The molecule has 1 aromatic heterocycles. The molecule has 2 aromatic rings. The lowest BCUT2D eigenvalue weighted by Gasteiger charge is -2.21. The van der Waals surface area contributed by atoms with Gasteiger partial charge in [-0.3, -0.25) is 0 Å². The van der Waals surface area contributed by atoms with Crippen molar-refractivity contribution < 1.29 is 14.6 Å². The van der Waals surface area contributed by atoms with Crippen molar-refractivity contribution in [1.29, 1.82) is 0 Å². The number of carboxylic acids is 1. The number of tetrazole rings is 1. The third-order valence-corrected chi connectivity index (χ3v) is 3.69. The molecule has 1 atom stereocenters. The molecule has 0 fully saturated rings. The Morgan fingerprint density at radius 3 is 3.00 bits per heavy atom. The average Bonchev–Trinajstić information content (AvgIpc) is 2.94. The molecular formula is C12H10BrN5O3. The van der Waals surface area contributed by atoms with Crippen LogP contribution in [-0.4, -0.2) is 38.4 Å². The quantitative estimate of drug-likeness (QED) is 0.861. The molecule has 0 aliphatic carbocycles. The van der Waals surface area contributed by atoms with Gasteiger partial charge in [0.1, 0.15) is 17.5 Å². The summed E-state index contributed by atoms with van der Waals surface area (Å²) in [4.78, 5) is 11.2. The maximum Gasteiger partial charge on any atom is 0.352 e. The van der Waals surface area contributed by atoms with Crippen LogP contribution in [0.4, 0.5) is 5.95 Å². The summed E-state index contributed by atoms with van der Waals surface area (Å²) in [6.07, 6.45) is 1.56. The molecule has 2 heterocycles. The number of carbonyl (C=O) groups is 1. The number of carboxylic acid groups (broad SMARTS) is 1. The topological polar surface area (TPSA) is 102 Å². The number of halogens is 1. The second kappa shape index (κ2) is 5.17. The number of anilines is 1. The van der Waals surface area contributed by atoms with Crippen molar-refractivity contribution in [2.24, 2.45) is 0 Å². The van der Waals surface area contributed by atoms with Crippen molar-refractivity contribution in [2.75, 3.05) is 12.4 Å². The standard InChI is InChI=1S/C12H10BrN5O3/c1-21-10-3-2-6(4-7(10)13)9-5-8(11(19)20)14-12-15-16-17-18(9)12/h2-5,9H,1H3,(H,19,20)(H,14,15,17)/t9-/m1/s1. The summed E-state index contributed by atoms with van der Waals surface area (Å²) in [5, 5.41) is 23.1. The first-order valence-corrected chi connectivity index (χ1v) is 6.73. The highest BCUT2D eigenvalue weighted by Crippen LogP contribution is 2.32. The monoisotopic (exact) mass is 351 g/mol. The third kappa shape index (κ3) is 2.35. The van der Waals surface area contributed by atoms with Crippen LogP contribution in [-0.2, 0) is 4.79 Å². The van der Waals surface area contributed by atoms with Gasteiger partial charge in [-0.05, 0) is 50.1 Å². The van der Waals surface area contributed by atoms with Crippen LogP contribution in [0.2, 0.25) is 0 Å². The number of hydrogen-bond donors (Lipinski definition) is 2. The first kappa shape index (κ1) is 13.6. The van der Waals surface area contributed by atoms with Crippen molar-refractivity contribution in [3.05, 3.63) is 40.0 Å². The highest BCUT2D eigenvalue weighted by molar-refractivity contribution is 9.10. The Labute approximate surface area is 127 Å². The number of nitrogens with zero attached hydrogens (tertiary/aromatic N) is 4. The Morgan fingerprint density at radius 2 is 2.33 bits per heavy atom. The minimum Gasteiger partial charge on any atom is -0.496 e. The number of fused-ring (bicyclic) bond motifs is 1. The number of benzene rings is 1. The van der Waals surface area contributed by atoms with Gasteiger partial charge >= 0.3 is 5.97 Å². The Kier molecular flexibility index (Phi) is 3.34. The van der Waals surface area contributed by atoms with E-state index in [1.807, 2.05) is 12.1 Å². The summed E-state index contributed by atoms with van der Waals surface area (Å²) in [5.74, 6) is -0.0965. The fourth-order valence-corrected chi connectivity index (χ4v) is 2.64. The van der Waals surface area contributed by atoms with Crippen LogP contribution in [0.15, 0.2) is 34.4 Å². The van der Waals surface area contributed by atoms with E-state index in [0.29, 0.717) is 5.75 Å². The van der Waals surface area contributed by atoms with Gasteiger partial charge in [0.25, 0.3) is 0 Å². The van der Waals surface area contributed by atoms with E-state index in [2.05, 4.69) is 36.8 Å². The van der Waals surface area contributed by atoms with E-state index in [0.717, 1.165) is 10.0 Å². The Balaban J connectivity index is 2.08. The van der Waals surface area contributed by atoms with Crippen LogP contribution in [0, 0.1) is 0 Å². The van der Waals surface area contributed by atoms with E-state index in [1.165, 1.54) is 4.68 Å². The molecule has 9 heteroatoms. The summed E-state index contributed by atoms with van der Waals surface area (Å²) >= 11 is 3.41. The second-order valence-electron chi connectivity index (χ2n) is 4.30. The normalized spacial score (nSPS) is 16.7. The van der Waals surface area contributed by atoms with Gasteiger partial charge in [-0.15, -0.1) is 0 Å². The van der Waals surface area contributed by atoms with Crippen LogP contribution < -0.4 is 10.1 Å². The van der Waals surface area contributed by atoms with E-state index < -0.39 is 12.0 Å². The van der Waals surface area contributed by atoms with Gasteiger partial charge < -0.3 is 15.2 Å². The SMILES string of the molecule is COc1ccc([C@H]2C=C(C(=O)O)Nc3nnnn32)cc1Br. The Bertz CT molecular complexity index is 742. The fraction of sp³-hybridized carbons (Fsp3) is 0.167. The molecule has 0 bridgehead atoms. The zero-order chi connectivity index (χ0) is 15.0. The van der Waals surface area contributed by atoms with Crippen molar-refractivity contribution in [3.8, 4) is 5.75 Å². The molecule has 0 saturated heterocycles. The molecular weight excluding hydrogens is 342 g/mol. The Morgan fingerprint density at radius 1 is 1.52 bits per heavy atom. The highest BCUT2D eigenvalue weighted by atomic mass is 79.9. The van der Waals surface area contributed by atoms with Crippen LogP contribution >= 0.6 is 15.9 Å². The summed E-state index contributed by atoms with van der Waals surface area (Å²) in [6.45, 7) is 0. The molecule has 0 saturated carbocycles. The first-order valence-electron chi connectivity index (χ1n) is 5.93. The fourth-order valence-electron chi connectivity index (χ4n) is 2.08. The van der Waals surface area contributed by atoms with Gasteiger partial charge in [-0.1, -0.05) is 11.2 Å². The predicted octanol–water partition coefficient (Wildman–Crippen LogP) is 1.43. The number of hydrogen-bond acceptors (Lipinski definition) is 6. The molecule has 0 spiro atoms. The van der Waals surface area contributed by atoms with E-state index in [-0.39, 0.29) is 11.6 Å². The van der Waals surface area contributed by atoms with Gasteiger partial charge in [-0.2, -0.15) is 4.68 Å². The number of rotatable bonds is 3. The zero-order valence-corrected chi connectivity index (χ0v) is 12.4. The minimum atomic E-state index is -1.07. The zero-order valence-electron chi connectivity index (χ0n) is 10.8. The molecule has 8 nitrogen and oxygen atoms in total. The summed E-state index contributed by atoms with van der Waals surface area (Å²) in [7, 11) is 1.58. The lowest BCUT2D eigenvalue weighted by molar-refractivity contribution is -0.132. The van der Waals surface area contributed by atoms with Crippen LogP contribution in [0.25, 0.3) is 0 Å². The van der Waals surface area contributed by atoms with Crippen LogP contribution in [0.3, 0.4) is 0 Å². The number of methoxy groups -OCH3 is 1. The maximum absolute atomic E-state index is 11.2. The molecule has 0 unspecified atom stereocenters. The number of aromatic nitrogens is 4. The summed E-state index contributed by atoms with van der Waals surface area (Å²) in [6, 6.07) is 5.06. The lowest BCUT2D eigenvalue weighted by Crippen LogP contribution is -2.24. The average molecular weight is 352 g/mol. The largest absolute Gasteiger partial charge is 0.496 e. The molecule has 1 aromatic carbocycles. The molecule has 21 heavy (non-hydrogen) atoms. The van der Waals surface area contributed by atoms with E-state index in [1.54, 1.807) is 19.3 Å². The molecule has 108 valence electrons. The first-order chi connectivity index (χ1) is 10.1. The van der Waals surface area contributed by atoms with Gasteiger partial charge in [0.05, 0.1) is 11.6 Å². The number of ether oxygens (including phenoxy) is 1. The van der Waals surface area contributed by atoms with E-state index in [9.17, 15) is 4.79 Å². The third-order valence-electron chi connectivity index (χ3n) is 3.08. The number of allylic oxidation sites excluding steroid dienone is 1. The Hall–Kier alpha value is -2.42. The van der Waals surface area contributed by atoms with E-state index in [4.69, 9.17) is 9.84 Å². The van der Waals surface area contributed by atoms with Crippen molar-refractivity contribution in [1.82, 2.24) is 20.2 Å². The smallest absolute Gasteiger partial charge is 0.352 e. The van der Waals surface area contributed by atoms with Crippen molar-refractivity contribution >= 4 is 27.8 Å². The van der Waals surface area contributed by atoms with E-state index >= 15 is 0 Å². The molecule has 3 rings (SSSR count). The molecule has 1 aliphatic rings. The summed E-state index contributed by atoms with van der Waals surface area (Å²) in [5.41, 5.74) is 0.866. The minimum absolute atomic E-state index is 0.0363. The predicted molar refractivity (Wildman–Crippen MR) is 76.0 cm³/mol. The number of aliphatic carboxylic acids is 1.